The fraction of sp³-hybridized carbons (Fsp3) is 0.609. The molecule has 3 aliphatic heterocycles. The molecule has 0 saturated carbocycles. The number of hydrogen-bond donors (Lipinski definition) is 3. The second-order valence-electron chi connectivity index (χ2n) is 7.44. The highest BCUT2D eigenvalue weighted by Crippen LogP contribution is 2.27. The molecule has 0 aromatic carbocycles. The highest BCUT2D eigenvalue weighted by Gasteiger charge is 2.36. The Morgan fingerprint density at radius 1 is 1.28 bits per heavy atom. The molecule has 9 heteroatoms. The molecule has 0 amide bonds. The van der Waals surface area contributed by atoms with Crippen molar-refractivity contribution in [2.24, 2.45) is 10.7 Å². The predicted molar refractivity (Wildman–Crippen MR) is 127 cm³/mol. The number of rotatable bonds is 5. The maximum atomic E-state index is 12.7. The molecule has 0 radical (unpaired) electrons. The number of nitrogens with zero attached hydrogens (tertiary/aromatic N) is 3. The summed E-state index contributed by atoms with van der Waals surface area (Å²) in [6, 6.07) is 0.275. The van der Waals surface area contributed by atoms with Crippen molar-refractivity contribution < 1.29 is 13.2 Å². The zero-order chi connectivity index (χ0) is 24.1. The molecule has 0 aromatic rings. The Morgan fingerprint density at radius 3 is 2.53 bits per heavy atom. The Hall–Kier alpha value is -2.10. The molecule has 3 heterocycles. The monoisotopic (exact) mass is 456 g/mol. The number of nitrogens with one attached hydrogen (secondary N) is 2. The van der Waals surface area contributed by atoms with Crippen molar-refractivity contribution in [1.29, 1.82) is 0 Å². The van der Waals surface area contributed by atoms with Crippen LogP contribution in [-0.4, -0.2) is 67.7 Å². The van der Waals surface area contributed by atoms with Crippen LogP contribution >= 0.6 is 0 Å². The van der Waals surface area contributed by atoms with E-state index in [0.717, 1.165) is 44.1 Å². The van der Waals surface area contributed by atoms with Gasteiger partial charge in [0.1, 0.15) is 5.70 Å². The molecule has 2 unspecified atom stereocenters. The number of piperazine rings is 1. The molecule has 32 heavy (non-hydrogen) atoms. The van der Waals surface area contributed by atoms with Crippen LogP contribution < -0.4 is 16.5 Å². The van der Waals surface area contributed by atoms with Gasteiger partial charge < -0.3 is 16.1 Å². The van der Waals surface area contributed by atoms with E-state index >= 15 is 0 Å². The number of alkyl halides is 3. The van der Waals surface area contributed by atoms with Crippen LogP contribution in [-0.2, 0) is 0 Å². The van der Waals surface area contributed by atoms with Gasteiger partial charge in [-0.3, -0.25) is 9.89 Å². The summed E-state index contributed by atoms with van der Waals surface area (Å²) in [7, 11) is 0. The third-order valence-electron chi connectivity index (χ3n) is 5.06. The molecule has 0 bridgehead atoms. The van der Waals surface area contributed by atoms with E-state index in [-0.39, 0.29) is 6.04 Å². The van der Waals surface area contributed by atoms with Crippen molar-refractivity contribution in [3.05, 3.63) is 47.3 Å². The molecular formula is C23H39F3N6. The summed E-state index contributed by atoms with van der Waals surface area (Å²) in [4.78, 5) is 6.12. The molecular weight excluding hydrogens is 417 g/mol. The minimum Gasteiger partial charge on any atom is -0.362 e. The first kappa shape index (κ1) is 27.9. The molecule has 182 valence electrons. The first-order chi connectivity index (χ1) is 15.3. The number of nitrogens with two attached hydrogens (primary N) is 1. The summed E-state index contributed by atoms with van der Waals surface area (Å²) in [5.74, 6) is 0. The molecule has 6 nitrogen and oxygen atoms in total. The molecule has 4 N–H and O–H groups in total. The fourth-order valence-corrected chi connectivity index (χ4v) is 3.48. The van der Waals surface area contributed by atoms with Gasteiger partial charge in [0.25, 0.3) is 0 Å². The molecule has 3 aliphatic rings. The number of fused-ring (bicyclic) bond motifs is 1. The van der Waals surface area contributed by atoms with E-state index in [9.17, 15) is 13.2 Å². The summed E-state index contributed by atoms with van der Waals surface area (Å²) in [6.07, 6.45) is 5.74. The Labute approximate surface area is 190 Å². The van der Waals surface area contributed by atoms with Gasteiger partial charge in [-0.2, -0.15) is 13.2 Å². The first-order valence-electron chi connectivity index (χ1n) is 11.3. The lowest BCUT2D eigenvalue weighted by Gasteiger charge is -2.43. The Balaban J connectivity index is 0.000000646. The standard InChI is InChI=1S/C16H23F3N6.C5H10.C2H6/c1-21-8-12-3-4-13-10-24(6-7-25(13)23-12)9-11-2-5-14(16(17,18)19)22-15(11)20;1-3-5-4-2;1-2/h2,4-5,12,15,22-23H,1,3,6-10,20H2;3,5H,4H2,1-2H3;1-2H3/b;5-3-;. The quantitative estimate of drug-likeness (QED) is 0.435. The largest absolute Gasteiger partial charge is 0.430 e. The highest BCUT2D eigenvalue weighted by molar-refractivity contribution is 5.30. The lowest BCUT2D eigenvalue weighted by molar-refractivity contribution is -0.0977. The van der Waals surface area contributed by atoms with Crippen molar-refractivity contribution in [2.75, 3.05) is 32.7 Å². The topological polar surface area (TPSA) is 68.9 Å². The van der Waals surface area contributed by atoms with Crippen molar-refractivity contribution in [1.82, 2.24) is 20.7 Å². The van der Waals surface area contributed by atoms with Crippen LogP contribution in [0.5, 0.6) is 0 Å². The lowest BCUT2D eigenvalue weighted by Crippen LogP contribution is -2.56. The van der Waals surface area contributed by atoms with E-state index in [1.807, 2.05) is 20.8 Å². The first-order valence-corrected chi connectivity index (χ1v) is 11.3. The van der Waals surface area contributed by atoms with Crippen molar-refractivity contribution in [3.63, 3.8) is 0 Å². The van der Waals surface area contributed by atoms with Crippen LogP contribution in [0.3, 0.4) is 0 Å². The van der Waals surface area contributed by atoms with Crippen molar-refractivity contribution in [3.8, 4) is 0 Å². The maximum absolute atomic E-state index is 12.7. The predicted octanol–water partition coefficient (Wildman–Crippen LogP) is 3.72. The lowest BCUT2D eigenvalue weighted by atomic mass is 10.1. The van der Waals surface area contributed by atoms with E-state index in [4.69, 9.17) is 5.73 Å². The summed E-state index contributed by atoms with van der Waals surface area (Å²) < 4.78 is 38.1. The van der Waals surface area contributed by atoms with Gasteiger partial charge in [0.15, 0.2) is 0 Å². The zero-order valence-corrected chi connectivity index (χ0v) is 19.8. The van der Waals surface area contributed by atoms with Gasteiger partial charge in [-0.1, -0.05) is 45.1 Å². The van der Waals surface area contributed by atoms with Gasteiger partial charge in [0.05, 0.1) is 12.7 Å². The summed E-state index contributed by atoms with van der Waals surface area (Å²) >= 11 is 0. The fourth-order valence-electron chi connectivity index (χ4n) is 3.48. The van der Waals surface area contributed by atoms with E-state index in [1.165, 1.54) is 11.8 Å². The molecule has 1 fully saturated rings. The smallest absolute Gasteiger partial charge is 0.362 e. The minimum atomic E-state index is -4.40. The highest BCUT2D eigenvalue weighted by atomic mass is 19.4. The van der Waals surface area contributed by atoms with Crippen LogP contribution in [0.25, 0.3) is 0 Å². The number of hydrazine groups is 1. The summed E-state index contributed by atoms with van der Waals surface area (Å²) in [5.41, 5.74) is 10.4. The van der Waals surface area contributed by atoms with Crippen LogP contribution in [0.4, 0.5) is 13.2 Å². The van der Waals surface area contributed by atoms with Crippen LogP contribution in [0.2, 0.25) is 0 Å². The van der Waals surface area contributed by atoms with E-state index in [0.29, 0.717) is 13.1 Å². The molecule has 3 rings (SSSR count). The van der Waals surface area contributed by atoms with Gasteiger partial charge in [-0.25, -0.2) is 5.43 Å². The minimum absolute atomic E-state index is 0.275. The van der Waals surface area contributed by atoms with Crippen molar-refractivity contribution in [2.45, 2.75) is 58.9 Å². The van der Waals surface area contributed by atoms with Gasteiger partial charge >= 0.3 is 6.18 Å². The third-order valence-corrected chi connectivity index (χ3v) is 5.06. The number of halogens is 3. The number of aliphatic imine (C=N–C) groups is 1. The molecule has 0 aromatic heterocycles. The molecule has 1 saturated heterocycles. The second kappa shape index (κ2) is 14.1. The summed E-state index contributed by atoms with van der Waals surface area (Å²) in [6.45, 7) is 15.2. The normalized spacial score (nSPS) is 23.4. The molecule has 0 aliphatic carbocycles. The number of hydrogen-bond acceptors (Lipinski definition) is 6. The van der Waals surface area contributed by atoms with E-state index in [2.05, 4.69) is 57.5 Å². The third kappa shape index (κ3) is 8.80. The average Bonchev–Trinajstić information content (AvgIpc) is 2.77. The second-order valence-corrected chi connectivity index (χ2v) is 7.44. The Morgan fingerprint density at radius 2 is 2.00 bits per heavy atom. The van der Waals surface area contributed by atoms with Gasteiger partial charge in [-0.15, -0.1) is 0 Å². The van der Waals surface area contributed by atoms with Crippen LogP contribution in [0.15, 0.2) is 52.3 Å². The van der Waals surface area contributed by atoms with Gasteiger partial charge in [-0.05, 0) is 38.1 Å². The van der Waals surface area contributed by atoms with Crippen molar-refractivity contribution >= 4 is 6.72 Å². The van der Waals surface area contributed by atoms with Gasteiger partial charge in [0.2, 0.25) is 0 Å². The van der Waals surface area contributed by atoms with E-state index < -0.39 is 18.0 Å². The SMILES string of the molecule is C/C=C\CC.C=NCC1CC=C2CN(CC3=CC=C(C(F)(F)F)NC3N)CCN2N1.CC. The Kier molecular flexibility index (Phi) is 12.3. The summed E-state index contributed by atoms with van der Waals surface area (Å²) in [5, 5.41) is 4.47. The maximum Gasteiger partial charge on any atom is 0.430 e. The Bertz CT molecular complexity index is 696. The van der Waals surface area contributed by atoms with E-state index in [1.54, 1.807) is 0 Å². The number of dihydropyridines is 1. The molecule has 2 atom stereocenters. The van der Waals surface area contributed by atoms with Gasteiger partial charge in [0, 0.05) is 37.9 Å². The van der Waals surface area contributed by atoms with Crippen LogP contribution in [0, 0.1) is 0 Å². The van der Waals surface area contributed by atoms with Crippen LogP contribution in [0.1, 0.15) is 40.5 Å². The molecule has 0 spiro atoms. The number of allylic oxidation sites excluding steroid dienone is 5. The zero-order valence-electron chi connectivity index (χ0n) is 19.8. The average molecular weight is 457 g/mol.